The van der Waals surface area contributed by atoms with Crippen molar-refractivity contribution in [2.75, 3.05) is 60.7 Å². The molecular formula is C21H37IN4O3. The number of halogens is 1. The van der Waals surface area contributed by atoms with Crippen molar-refractivity contribution in [3.63, 3.8) is 0 Å². The molecule has 1 atom stereocenters. The Morgan fingerprint density at radius 2 is 1.97 bits per heavy atom. The van der Waals surface area contributed by atoms with Gasteiger partial charge in [-0.2, -0.15) is 0 Å². The number of nitrogens with zero attached hydrogens (tertiary/aromatic N) is 2. The molecule has 1 unspecified atom stereocenters. The average Bonchev–Trinajstić information content (AvgIpc) is 3.17. The van der Waals surface area contributed by atoms with E-state index in [1.807, 2.05) is 12.1 Å². The van der Waals surface area contributed by atoms with Crippen molar-refractivity contribution in [1.29, 1.82) is 0 Å². The molecule has 8 heteroatoms. The molecule has 29 heavy (non-hydrogen) atoms. The van der Waals surface area contributed by atoms with E-state index in [9.17, 15) is 0 Å². The fourth-order valence-electron chi connectivity index (χ4n) is 3.50. The van der Waals surface area contributed by atoms with Gasteiger partial charge in [0.1, 0.15) is 0 Å². The molecule has 0 spiro atoms. The van der Waals surface area contributed by atoms with E-state index in [1.165, 1.54) is 18.4 Å². The molecule has 2 N–H and O–H groups in total. The molecule has 0 amide bonds. The zero-order chi connectivity index (χ0) is 20.2. The van der Waals surface area contributed by atoms with Gasteiger partial charge < -0.3 is 24.8 Å². The number of aliphatic imine (C=N–C) groups is 1. The molecule has 1 aromatic rings. The number of guanidine groups is 1. The first kappa shape index (κ1) is 25.8. The molecule has 1 aliphatic rings. The van der Waals surface area contributed by atoms with Gasteiger partial charge in [-0.3, -0.25) is 9.89 Å². The molecule has 1 heterocycles. The summed E-state index contributed by atoms with van der Waals surface area (Å²) in [5.41, 5.74) is 1.20. The minimum absolute atomic E-state index is 0. The minimum atomic E-state index is 0. The number of nitrogens with one attached hydrogen (secondary N) is 2. The quantitative estimate of drug-likeness (QED) is 0.266. The molecule has 0 aliphatic carbocycles. The fraction of sp³-hybridized carbons (Fsp3) is 0.667. The molecule has 0 bridgehead atoms. The summed E-state index contributed by atoms with van der Waals surface area (Å²) in [6.45, 7) is 7.47. The van der Waals surface area contributed by atoms with Crippen LogP contribution in [-0.4, -0.2) is 77.6 Å². The highest BCUT2D eigenvalue weighted by molar-refractivity contribution is 14.0. The number of rotatable bonds is 11. The van der Waals surface area contributed by atoms with Gasteiger partial charge in [0.25, 0.3) is 0 Å². The second-order valence-electron chi connectivity index (χ2n) is 6.91. The minimum Gasteiger partial charge on any atom is -0.493 e. The van der Waals surface area contributed by atoms with Gasteiger partial charge in [-0.1, -0.05) is 6.07 Å². The van der Waals surface area contributed by atoms with Gasteiger partial charge in [0, 0.05) is 32.8 Å². The van der Waals surface area contributed by atoms with Crippen LogP contribution >= 0.6 is 24.0 Å². The lowest BCUT2D eigenvalue weighted by Crippen LogP contribution is -2.40. The zero-order valence-electron chi connectivity index (χ0n) is 18.2. The molecule has 166 valence electrons. The van der Waals surface area contributed by atoms with E-state index < -0.39 is 0 Å². The number of likely N-dealkylation sites (tertiary alicyclic amines) is 1. The number of ether oxygens (including phenoxy) is 3. The second kappa shape index (κ2) is 14.7. The topological polar surface area (TPSA) is 67.4 Å². The fourth-order valence-corrected chi connectivity index (χ4v) is 3.50. The zero-order valence-corrected chi connectivity index (χ0v) is 20.5. The summed E-state index contributed by atoms with van der Waals surface area (Å²) < 4.78 is 15.9. The summed E-state index contributed by atoms with van der Waals surface area (Å²) >= 11 is 0. The Hall–Kier alpha value is -1.26. The van der Waals surface area contributed by atoms with E-state index >= 15 is 0 Å². The van der Waals surface area contributed by atoms with Gasteiger partial charge in [-0.05, 0) is 50.4 Å². The predicted octanol–water partition coefficient (Wildman–Crippen LogP) is 2.53. The first-order valence-electron chi connectivity index (χ1n) is 10.2. The van der Waals surface area contributed by atoms with Crippen LogP contribution in [0.25, 0.3) is 0 Å². The first-order valence-corrected chi connectivity index (χ1v) is 10.2. The Labute approximate surface area is 192 Å². The summed E-state index contributed by atoms with van der Waals surface area (Å²) in [5.74, 6) is 2.39. The molecule has 0 radical (unpaired) electrons. The van der Waals surface area contributed by atoms with Crippen LogP contribution in [0.15, 0.2) is 23.2 Å². The van der Waals surface area contributed by atoms with Crippen molar-refractivity contribution in [3.05, 3.63) is 23.8 Å². The molecule has 1 fully saturated rings. The van der Waals surface area contributed by atoms with Gasteiger partial charge in [-0.15, -0.1) is 24.0 Å². The van der Waals surface area contributed by atoms with Crippen molar-refractivity contribution < 1.29 is 14.2 Å². The lowest BCUT2D eigenvalue weighted by atomic mass is 10.1. The van der Waals surface area contributed by atoms with Crippen LogP contribution in [0, 0.1) is 0 Å². The Morgan fingerprint density at radius 1 is 1.17 bits per heavy atom. The molecule has 1 aliphatic heterocycles. The normalized spacial score (nSPS) is 17.0. The highest BCUT2D eigenvalue weighted by Gasteiger charge is 2.23. The third-order valence-electron chi connectivity index (χ3n) is 5.04. The third kappa shape index (κ3) is 8.55. The van der Waals surface area contributed by atoms with Crippen LogP contribution in [0.2, 0.25) is 0 Å². The van der Waals surface area contributed by atoms with Gasteiger partial charge >= 0.3 is 0 Å². The lowest BCUT2D eigenvalue weighted by molar-refractivity contribution is 0.142. The average molecular weight is 520 g/mol. The smallest absolute Gasteiger partial charge is 0.191 e. The second-order valence-corrected chi connectivity index (χ2v) is 6.91. The van der Waals surface area contributed by atoms with Crippen LogP contribution < -0.4 is 20.1 Å². The van der Waals surface area contributed by atoms with Crippen LogP contribution in [0.3, 0.4) is 0 Å². The summed E-state index contributed by atoms with van der Waals surface area (Å²) in [6.07, 6.45) is 3.33. The van der Waals surface area contributed by atoms with E-state index in [0.717, 1.165) is 63.2 Å². The standard InChI is InChI=1S/C21H36N4O3.HI/c1-5-22-21(24-16-18-7-6-12-25(18)13-14-26-2)23-11-10-17-8-9-19(27-3)20(15-17)28-4;/h8-9,15,18H,5-7,10-14,16H2,1-4H3,(H2,22,23,24);1H. The maximum absolute atomic E-state index is 5.38. The lowest BCUT2D eigenvalue weighted by Gasteiger charge is -2.23. The molecule has 2 rings (SSSR count). The first-order chi connectivity index (χ1) is 13.7. The van der Waals surface area contributed by atoms with Crippen molar-refractivity contribution in [3.8, 4) is 11.5 Å². The van der Waals surface area contributed by atoms with Crippen molar-refractivity contribution in [2.24, 2.45) is 4.99 Å². The molecule has 1 aromatic carbocycles. The van der Waals surface area contributed by atoms with E-state index in [0.29, 0.717) is 6.04 Å². The number of benzene rings is 1. The maximum atomic E-state index is 5.38. The Kier molecular flexibility index (Phi) is 13.0. The monoisotopic (exact) mass is 520 g/mol. The Morgan fingerprint density at radius 3 is 2.66 bits per heavy atom. The van der Waals surface area contributed by atoms with Crippen molar-refractivity contribution >= 4 is 29.9 Å². The third-order valence-corrected chi connectivity index (χ3v) is 5.04. The molecule has 1 saturated heterocycles. The summed E-state index contributed by atoms with van der Waals surface area (Å²) in [7, 11) is 5.07. The van der Waals surface area contributed by atoms with Gasteiger partial charge in [-0.25, -0.2) is 0 Å². The summed E-state index contributed by atoms with van der Waals surface area (Å²) in [6, 6.07) is 6.55. The largest absolute Gasteiger partial charge is 0.493 e. The van der Waals surface area contributed by atoms with E-state index in [4.69, 9.17) is 19.2 Å². The predicted molar refractivity (Wildman–Crippen MR) is 129 cm³/mol. The molecule has 0 saturated carbocycles. The van der Waals surface area contributed by atoms with Gasteiger partial charge in [0.05, 0.1) is 27.4 Å². The van der Waals surface area contributed by atoms with E-state index in [-0.39, 0.29) is 24.0 Å². The number of hydrogen-bond acceptors (Lipinski definition) is 5. The van der Waals surface area contributed by atoms with Crippen molar-refractivity contribution in [2.45, 2.75) is 32.2 Å². The number of methoxy groups -OCH3 is 3. The molecule has 7 nitrogen and oxygen atoms in total. The van der Waals surface area contributed by atoms with Crippen LogP contribution in [0.4, 0.5) is 0 Å². The van der Waals surface area contributed by atoms with E-state index in [1.54, 1.807) is 21.3 Å². The van der Waals surface area contributed by atoms with Crippen LogP contribution in [0.5, 0.6) is 11.5 Å². The van der Waals surface area contributed by atoms with Crippen LogP contribution in [0.1, 0.15) is 25.3 Å². The molecular weight excluding hydrogens is 483 g/mol. The van der Waals surface area contributed by atoms with Crippen LogP contribution in [-0.2, 0) is 11.2 Å². The van der Waals surface area contributed by atoms with Gasteiger partial charge in [0.15, 0.2) is 17.5 Å². The maximum Gasteiger partial charge on any atom is 0.191 e. The van der Waals surface area contributed by atoms with Crippen molar-refractivity contribution in [1.82, 2.24) is 15.5 Å². The highest BCUT2D eigenvalue weighted by Crippen LogP contribution is 2.27. The summed E-state index contributed by atoms with van der Waals surface area (Å²) in [5, 5.41) is 6.78. The SMILES string of the molecule is CCNC(=NCC1CCCN1CCOC)NCCc1ccc(OC)c(OC)c1.I. The van der Waals surface area contributed by atoms with E-state index in [2.05, 4.69) is 28.5 Å². The Bertz CT molecular complexity index is 616. The Balaban J connectivity index is 0.00000420. The summed E-state index contributed by atoms with van der Waals surface area (Å²) in [4.78, 5) is 7.30. The van der Waals surface area contributed by atoms with Gasteiger partial charge in [0.2, 0.25) is 0 Å². The number of hydrogen-bond donors (Lipinski definition) is 2. The molecule has 0 aromatic heterocycles. The highest BCUT2D eigenvalue weighted by atomic mass is 127.